The summed E-state index contributed by atoms with van der Waals surface area (Å²) in [5, 5.41) is 0. The predicted octanol–water partition coefficient (Wildman–Crippen LogP) is -1.41. The number of unbranched alkanes of at least 4 members (excludes halogenated alkanes) is 3. The van der Waals surface area contributed by atoms with Crippen LogP contribution in [0.5, 0.6) is 0 Å². The molecule has 1 radical (unpaired) electrons. The number of benzene rings is 1. The average molecular weight is 361 g/mol. The number of allylic oxidation sites excluding steroid dienone is 1. The molecule has 3 heteroatoms. The van der Waals surface area contributed by atoms with Gasteiger partial charge in [-0.3, -0.25) is 0 Å². The van der Waals surface area contributed by atoms with Crippen molar-refractivity contribution in [2.24, 2.45) is 0 Å². The fraction of sp³-hybridized carbons (Fsp3) is 0.400. The van der Waals surface area contributed by atoms with E-state index in [1.807, 2.05) is 0 Å². The Labute approximate surface area is 143 Å². The Hall–Kier alpha value is 0.423. The van der Waals surface area contributed by atoms with Gasteiger partial charge in [-0.05, 0) is 17.5 Å². The van der Waals surface area contributed by atoms with Gasteiger partial charge in [-0.2, -0.15) is 12.8 Å². The largest absolute Gasteiger partial charge is 3.00 e. The summed E-state index contributed by atoms with van der Waals surface area (Å²) < 4.78 is 0. The molecule has 0 saturated carbocycles. The van der Waals surface area contributed by atoms with Gasteiger partial charge in [0.15, 0.2) is 0 Å². The van der Waals surface area contributed by atoms with Crippen molar-refractivity contribution in [3.05, 3.63) is 47.9 Å². The van der Waals surface area contributed by atoms with Crippen LogP contribution in [-0.4, -0.2) is 0 Å². The molecule has 0 aromatic heterocycles. The van der Waals surface area contributed by atoms with E-state index in [9.17, 15) is 0 Å². The molecule has 97 valence electrons. The molecule has 0 fully saturated rings. The molecule has 0 saturated heterocycles. The molecule has 18 heavy (non-hydrogen) atoms. The van der Waals surface area contributed by atoms with E-state index in [0.29, 0.717) is 5.92 Å². The molecule has 1 aromatic carbocycles. The number of hydrogen-bond donors (Lipinski definition) is 0. The molecule has 0 N–H and O–H groups in total. The van der Waals surface area contributed by atoms with Crippen LogP contribution in [0.15, 0.2) is 30.3 Å². The van der Waals surface area contributed by atoms with Crippen LogP contribution in [0.2, 0.25) is 0 Å². The van der Waals surface area contributed by atoms with Crippen molar-refractivity contribution in [1.82, 2.24) is 0 Å². The third-order valence-electron chi connectivity index (χ3n) is 3.12. The van der Waals surface area contributed by atoms with E-state index < -0.39 is 0 Å². The first-order valence-electron chi connectivity index (χ1n) is 6.00. The maximum absolute atomic E-state index is 2.38. The van der Waals surface area contributed by atoms with Crippen LogP contribution in [-0.2, 0) is 26.2 Å². The van der Waals surface area contributed by atoms with Crippen molar-refractivity contribution < 1.29 is 51.0 Å². The van der Waals surface area contributed by atoms with Gasteiger partial charge >= 0.3 is 26.2 Å². The first kappa shape index (κ1) is 20.7. The third kappa shape index (κ3) is 5.60. The molecular weight excluding hydrogens is 342 g/mol. The fourth-order valence-corrected chi connectivity index (χ4v) is 2.26. The Balaban J connectivity index is 0. The zero-order valence-corrected chi connectivity index (χ0v) is 14.7. The van der Waals surface area contributed by atoms with Crippen molar-refractivity contribution >= 4 is 6.08 Å². The van der Waals surface area contributed by atoms with Gasteiger partial charge in [0, 0.05) is 5.92 Å². The summed E-state index contributed by atoms with van der Waals surface area (Å²) >= 11 is 0. The molecule has 0 bridgehead atoms. The SMILES string of the molecule is CC[CH-]CCCC1C=Cc2ccccc21.[Cl-].[Cl-].[Zr+3]. The summed E-state index contributed by atoms with van der Waals surface area (Å²) in [6, 6.07) is 8.75. The summed E-state index contributed by atoms with van der Waals surface area (Å²) in [5.41, 5.74) is 2.94. The molecule has 1 atom stereocenters. The monoisotopic (exact) mass is 359 g/mol. The topological polar surface area (TPSA) is 0 Å². The van der Waals surface area contributed by atoms with Crippen molar-refractivity contribution in [3.63, 3.8) is 0 Å². The van der Waals surface area contributed by atoms with Crippen molar-refractivity contribution in [2.45, 2.75) is 38.5 Å². The number of rotatable bonds is 5. The van der Waals surface area contributed by atoms with Gasteiger partial charge in [0.1, 0.15) is 0 Å². The molecule has 0 heterocycles. The Morgan fingerprint density at radius 3 is 2.61 bits per heavy atom. The Bertz CT molecular complexity index is 350. The van der Waals surface area contributed by atoms with Crippen LogP contribution in [0.4, 0.5) is 0 Å². The fourth-order valence-electron chi connectivity index (χ4n) is 2.26. The molecule has 1 aliphatic carbocycles. The number of halogens is 2. The van der Waals surface area contributed by atoms with E-state index in [2.05, 4.69) is 49.8 Å². The number of fused-ring (bicyclic) bond motifs is 1. The zero-order valence-electron chi connectivity index (χ0n) is 10.7. The van der Waals surface area contributed by atoms with Crippen LogP contribution in [0.1, 0.15) is 49.7 Å². The molecule has 0 amide bonds. The number of hydrogen-bond acceptors (Lipinski definition) is 0. The van der Waals surface area contributed by atoms with Crippen LogP contribution in [0.25, 0.3) is 6.08 Å². The standard InChI is InChI=1S/C15H19.2ClH.Zr/c1-2-3-4-5-8-13-11-12-14-9-6-7-10-15(13)14;;;/h3,6-7,9-13H,2,4-5,8H2,1H3;2*1H;/q-1;;;+3/p-2. The van der Waals surface area contributed by atoms with Gasteiger partial charge < -0.3 is 31.2 Å². The van der Waals surface area contributed by atoms with Gasteiger partial charge in [0.05, 0.1) is 0 Å². The second-order valence-corrected chi connectivity index (χ2v) is 4.22. The molecule has 1 unspecified atom stereocenters. The van der Waals surface area contributed by atoms with Crippen molar-refractivity contribution in [2.75, 3.05) is 0 Å². The van der Waals surface area contributed by atoms with Crippen molar-refractivity contribution in [3.8, 4) is 0 Å². The maximum Gasteiger partial charge on any atom is 3.00 e. The van der Waals surface area contributed by atoms with Gasteiger partial charge in [-0.15, -0.1) is 0 Å². The van der Waals surface area contributed by atoms with E-state index in [1.165, 1.54) is 36.8 Å². The quantitative estimate of drug-likeness (QED) is 0.447. The molecule has 0 aliphatic heterocycles. The Morgan fingerprint density at radius 1 is 1.17 bits per heavy atom. The second kappa shape index (κ2) is 11.3. The van der Waals surface area contributed by atoms with Gasteiger partial charge in [-0.1, -0.05) is 49.8 Å². The smallest absolute Gasteiger partial charge is 1.00 e. The van der Waals surface area contributed by atoms with Crippen LogP contribution >= 0.6 is 0 Å². The minimum absolute atomic E-state index is 0. The van der Waals surface area contributed by atoms with Crippen LogP contribution in [0, 0.1) is 6.42 Å². The molecule has 0 nitrogen and oxygen atoms in total. The summed E-state index contributed by atoms with van der Waals surface area (Å²) in [4.78, 5) is 0. The summed E-state index contributed by atoms with van der Waals surface area (Å²) in [6.45, 7) is 2.21. The summed E-state index contributed by atoms with van der Waals surface area (Å²) in [6.07, 6.45) is 12.1. The van der Waals surface area contributed by atoms with E-state index in [4.69, 9.17) is 0 Å². The van der Waals surface area contributed by atoms with E-state index in [-0.39, 0.29) is 51.0 Å². The zero-order chi connectivity index (χ0) is 10.5. The minimum atomic E-state index is 0. The molecule has 0 spiro atoms. The van der Waals surface area contributed by atoms with E-state index in [1.54, 1.807) is 0 Å². The normalized spacial score (nSPS) is 15.1. The third-order valence-corrected chi connectivity index (χ3v) is 3.12. The Kier molecular flexibility index (Phi) is 13.0. The van der Waals surface area contributed by atoms with Gasteiger partial charge in [0.2, 0.25) is 0 Å². The predicted molar refractivity (Wildman–Crippen MR) is 66.7 cm³/mol. The summed E-state index contributed by atoms with van der Waals surface area (Å²) in [5.74, 6) is 0.673. The minimum Gasteiger partial charge on any atom is -1.00 e. The van der Waals surface area contributed by atoms with Gasteiger partial charge in [0.25, 0.3) is 0 Å². The molecule has 1 aliphatic rings. The maximum atomic E-state index is 2.38. The second-order valence-electron chi connectivity index (χ2n) is 4.22. The van der Waals surface area contributed by atoms with Gasteiger partial charge in [-0.25, -0.2) is 0 Å². The first-order valence-corrected chi connectivity index (χ1v) is 6.00. The first-order chi connectivity index (χ1) is 7.42. The van der Waals surface area contributed by atoms with E-state index in [0.717, 1.165) is 0 Å². The van der Waals surface area contributed by atoms with Crippen LogP contribution in [0.3, 0.4) is 0 Å². The molecular formula is C15H19Cl2Zr. The van der Waals surface area contributed by atoms with Crippen molar-refractivity contribution in [1.29, 1.82) is 0 Å². The van der Waals surface area contributed by atoms with Crippen LogP contribution < -0.4 is 24.8 Å². The summed E-state index contributed by atoms with van der Waals surface area (Å²) in [7, 11) is 0. The Morgan fingerprint density at radius 2 is 1.89 bits per heavy atom. The molecule has 1 aromatic rings. The van der Waals surface area contributed by atoms with E-state index >= 15 is 0 Å². The average Bonchev–Trinajstić information content (AvgIpc) is 2.68. The molecule has 2 rings (SSSR count).